The van der Waals surface area contributed by atoms with Crippen LogP contribution in [-0.2, 0) is 18.4 Å². The van der Waals surface area contributed by atoms with Gasteiger partial charge in [-0.2, -0.15) is 0 Å². The summed E-state index contributed by atoms with van der Waals surface area (Å²) in [4.78, 5) is 6.68. The van der Waals surface area contributed by atoms with E-state index >= 15 is 0 Å². The topological polar surface area (TPSA) is 28.2 Å². The molecule has 0 saturated carbocycles. The van der Waals surface area contributed by atoms with E-state index in [1.165, 1.54) is 11.1 Å². The number of anilines is 1. The highest BCUT2D eigenvalue weighted by Crippen LogP contribution is 2.39. The summed E-state index contributed by atoms with van der Waals surface area (Å²) < 4.78 is 0. The third kappa shape index (κ3) is 2.86. The molecule has 3 rings (SSSR count). The summed E-state index contributed by atoms with van der Waals surface area (Å²) in [6.07, 6.45) is 3.03. The van der Waals surface area contributed by atoms with Crippen molar-refractivity contribution in [1.29, 1.82) is 0 Å². The Bertz CT molecular complexity index is 644. The summed E-state index contributed by atoms with van der Waals surface area (Å²) >= 11 is 0. The summed E-state index contributed by atoms with van der Waals surface area (Å²) in [5.74, 6) is 0. The van der Waals surface area contributed by atoms with E-state index in [0.717, 1.165) is 24.3 Å². The van der Waals surface area contributed by atoms with E-state index in [-0.39, 0.29) is 5.41 Å². The molecule has 3 heteroatoms. The molecule has 0 radical (unpaired) electrons. The van der Waals surface area contributed by atoms with Crippen LogP contribution in [0.2, 0.25) is 0 Å². The lowest BCUT2D eigenvalue weighted by molar-refractivity contribution is 0.397. The first-order chi connectivity index (χ1) is 10.5. The van der Waals surface area contributed by atoms with E-state index in [2.05, 4.69) is 79.5 Å². The van der Waals surface area contributed by atoms with Gasteiger partial charge in [-0.05, 0) is 43.8 Å². The minimum atomic E-state index is 0.138. The van der Waals surface area contributed by atoms with Crippen LogP contribution in [0.3, 0.4) is 0 Å². The average Bonchev–Trinajstić information content (AvgIpc) is 2.72. The lowest BCUT2D eigenvalue weighted by Crippen LogP contribution is -2.36. The Labute approximate surface area is 133 Å². The largest absolute Gasteiger partial charge is 0.380 e. The van der Waals surface area contributed by atoms with Gasteiger partial charge >= 0.3 is 0 Å². The zero-order valence-corrected chi connectivity index (χ0v) is 13.9. The van der Waals surface area contributed by atoms with Gasteiger partial charge in [0.1, 0.15) is 0 Å². The molecule has 2 aromatic rings. The molecule has 0 fully saturated rings. The second-order valence-corrected chi connectivity index (χ2v) is 7.06. The zero-order chi connectivity index (χ0) is 15.7. The molecule has 0 saturated heterocycles. The number of nitrogens with zero attached hydrogens (tertiary/aromatic N) is 2. The molecule has 0 spiro atoms. The van der Waals surface area contributed by atoms with Gasteiger partial charge in [0.15, 0.2) is 0 Å². The highest BCUT2D eigenvalue weighted by Gasteiger charge is 2.38. The van der Waals surface area contributed by atoms with Crippen molar-refractivity contribution in [2.75, 3.05) is 19.4 Å². The van der Waals surface area contributed by atoms with E-state index in [4.69, 9.17) is 0 Å². The van der Waals surface area contributed by atoms with Crippen LogP contribution in [0, 0.1) is 0 Å². The van der Waals surface area contributed by atoms with E-state index in [9.17, 15) is 0 Å². The fourth-order valence-electron chi connectivity index (χ4n) is 3.35. The molecule has 0 bridgehead atoms. The minimum Gasteiger partial charge on any atom is -0.380 e. The monoisotopic (exact) mass is 295 g/mol. The number of benzene rings is 1. The molecule has 1 atom stereocenters. The molecule has 0 aliphatic heterocycles. The normalized spacial score (nSPS) is 19.2. The molecule has 0 amide bonds. The molecule has 1 aromatic carbocycles. The van der Waals surface area contributed by atoms with Crippen molar-refractivity contribution in [3.63, 3.8) is 0 Å². The van der Waals surface area contributed by atoms with Crippen LogP contribution >= 0.6 is 0 Å². The van der Waals surface area contributed by atoms with Crippen molar-refractivity contribution in [3.05, 3.63) is 59.4 Å². The first-order valence-corrected chi connectivity index (χ1v) is 7.91. The van der Waals surface area contributed by atoms with Crippen LogP contribution in [0.15, 0.2) is 42.6 Å². The number of nitrogens with one attached hydrogen (secondary N) is 1. The lowest BCUT2D eigenvalue weighted by Gasteiger charge is -2.30. The molecular weight excluding hydrogens is 270 g/mol. The smallest absolute Gasteiger partial charge is 0.0545 e. The summed E-state index contributed by atoms with van der Waals surface area (Å²) in [6, 6.07) is 13.4. The number of hydrogen-bond donors (Lipinski definition) is 1. The number of rotatable bonds is 4. The summed E-state index contributed by atoms with van der Waals surface area (Å²) in [5.41, 5.74) is 5.27. The second kappa shape index (κ2) is 5.73. The van der Waals surface area contributed by atoms with Crippen LogP contribution in [0.4, 0.5) is 5.69 Å². The maximum atomic E-state index is 4.55. The quantitative estimate of drug-likeness (QED) is 0.936. The van der Waals surface area contributed by atoms with Crippen molar-refractivity contribution in [2.45, 2.75) is 38.3 Å². The van der Waals surface area contributed by atoms with Crippen molar-refractivity contribution in [2.24, 2.45) is 0 Å². The molecule has 1 aromatic heterocycles. The predicted octanol–water partition coefficient (Wildman–Crippen LogP) is 3.46. The summed E-state index contributed by atoms with van der Waals surface area (Å²) in [6.45, 7) is 5.52. The Morgan fingerprint density at radius 1 is 1.18 bits per heavy atom. The second-order valence-electron chi connectivity index (χ2n) is 7.06. The number of aromatic nitrogens is 1. The SMILES string of the molecule is CN(C)Cc1ccc(NC2Cc3ccccc3C2(C)C)cn1. The molecule has 1 aliphatic rings. The average molecular weight is 295 g/mol. The predicted molar refractivity (Wildman–Crippen MR) is 92.2 cm³/mol. The van der Waals surface area contributed by atoms with Crippen LogP contribution in [0.5, 0.6) is 0 Å². The van der Waals surface area contributed by atoms with Gasteiger partial charge < -0.3 is 10.2 Å². The Balaban J connectivity index is 1.74. The molecule has 1 aliphatic carbocycles. The van der Waals surface area contributed by atoms with E-state index in [0.29, 0.717) is 6.04 Å². The van der Waals surface area contributed by atoms with Gasteiger partial charge in [0.2, 0.25) is 0 Å². The molecular formula is C19H25N3. The molecule has 3 nitrogen and oxygen atoms in total. The fraction of sp³-hybridized carbons (Fsp3) is 0.421. The van der Waals surface area contributed by atoms with Gasteiger partial charge in [-0.15, -0.1) is 0 Å². The van der Waals surface area contributed by atoms with Gasteiger partial charge in [0.25, 0.3) is 0 Å². The highest BCUT2D eigenvalue weighted by molar-refractivity contribution is 5.49. The Kier molecular flexibility index (Phi) is 3.92. The van der Waals surface area contributed by atoms with E-state index in [1.54, 1.807) is 0 Å². The molecule has 116 valence electrons. The fourth-order valence-corrected chi connectivity index (χ4v) is 3.35. The standard InChI is InChI=1S/C19H25N3/c1-19(2)17-8-6-5-7-14(17)11-18(19)21-15-9-10-16(20-12-15)13-22(3)4/h5-10,12,18,21H,11,13H2,1-4H3. The number of pyridine rings is 1. The van der Waals surface area contributed by atoms with Crippen molar-refractivity contribution < 1.29 is 0 Å². The minimum absolute atomic E-state index is 0.138. The molecule has 1 unspecified atom stereocenters. The van der Waals surface area contributed by atoms with Crippen LogP contribution in [-0.4, -0.2) is 30.0 Å². The first-order valence-electron chi connectivity index (χ1n) is 7.91. The lowest BCUT2D eigenvalue weighted by atomic mass is 9.83. The maximum Gasteiger partial charge on any atom is 0.0545 e. The third-order valence-electron chi connectivity index (χ3n) is 4.65. The Morgan fingerprint density at radius 2 is 1.95 bits per heavy atom. The Hall–Kier alpha value is -1.87. The number of fused-ring (bicyclic) bond motifs is 1. The van der Waals surface area contributed by atoms with Gasteiger partial charge in [0.05, 0.1) is 17.6 Å². The van der Waals surface area contributed by atoms with Gasteiger partial charge in [-0.3, -0.25) is 4.98 Å². The maximum absolute atomic E-state index is 4.55. The van der Waals surface area contributed by atoms with Crippen LogP contribution in [0.25, 0.3) is 0 Å². The van der Waals surface area contributed by atoms with Gasteiger partial charge in [-0.25, -0.2) is 0 Å². The van der Waals surface area contributed by atoms with Gasteiger partial charge in [0, 0.05) is 18.0 Å². The summed E-state index contributed by atoms with van der Waals surface area (Å²) in [5, 5.41) is 3.68. The zero-order valence-electron chi connectivity index (χ0n) is 13.9. The van der Waals surface area contributed by atoms with E-state index < -0.39 is 0 Å². The Morgan fingerprint density at radius 3 is 2.59 bits per heavy atom. The van der Waals surface area contributed by atoms with Crippen LogP contribution in [0.1, 0.15) is 30.7 Å². The third-order valence-corrected chi connectivity index (χ3v) is 4.65. The summed E-state index contributed by atoms with van der Waals surface area (Å²) in [7, 11) is 4.12. The van der Waals surface area contributed by atoms with Crippen molar-refractivity contribution in [1.82, 2.24) is 9.88 Å². The molecule has 1 heterocycles. The molecule has 22 heavy (non-hydrogen) atoms. The molecule has 1 N–H and O–H groups in total. The van der Waals surface area contributed by atoms with Crippen molar-refractivity contribution >= 4 is 5.69 Å². The van der Waals surface area contributed by atoms with Gasteiger partial charge in [-0.1, -0.05) is 38.1 Å². The first kappa shape index (κ1) is 15.0. The van der Waals surface area contributed by atoms with Crippen LogP contribution < -0.4 is 5.32 Å². The van der Waals surface area contributed by atoms with E-state index in [1.807, 2.05) is 6.20 Å². The number of hydrogen-bond acceptors (Lipinski definition) is 3. The highest BCUT2D eigenvalue weighted by atomic mass is 15.1. The van der Waals surface area contributed by atoms with Crippen molar-refractivity contribution in [3.8, 4) is 0 Å².